The maximum Gasteiger partial charge on any atom is 0.296 e. The van der Waals surface area contributed by atoms with E-state index in [2.05, 4.69) is 19.2 Å². The van der Waals surface area contributed by atoms with Gasteiger partial charge in [-0.05, 0) is 30.4 Å². The molecule has 1 saturated carbocycles. The Morgan fingerprint density at radius 3 is 2.78 bits per heavy atom. The highest BCUT2D eigenvalue weighted by atomic mass is 16.6. The van der Waals surface area contributed by atoms with Crippen molar-refractivity contribution in [2.75, 3.05) is 5.32 Å². The molecule has 1 aliphatic carbocycles. The number of nitro groups is 1. The van der Waals surface area contributed by atoms with Gasteiger partial charge in [-0.1, -0.05) is 20.3 Å². The molecule has 0 aromatic heterocycles. The average Bonchev–Trinajstić information content (AvgIpc) is 2.60. The zero-order valence-corrected chi connectivity index (χ0v) is 10.6. The molecule has 0 amide bonds. The maximum atomic E-state index is 11.0. The second kappa shape index (κ2) is 4.48. The SMILES string of the molecule is CC1(C)CCCC1Nc1ccc(O)cc1[N+](=O)[O-]. The zero-order valence-electron chi connectivity index (χ0n) is 10.6. The lowest BCUT2D eigenvalue weighted by Crippen LogP contribution is -2.31. The van der Waals surface area contributed by atoms with Crippen LogP contribution in [-0.2, 0) is 0 Å². The first-order valence-electron chi connectivity index (χ1n) is 6.14. The van der Waals surface area contributed by atoms with E-state index in [1.807, 2.05) is 0 Å². The highest BCUT2D eigenvalue weighted by Crippen LogP contribution is 2.40. The monoisotopic (exact) mass is 250 g/mol. The Balaban J connectivity index is 2.26. The quantitative estimate of drug-likeness (QED) is 0.490. The number of phenolic OH excluding ortho intramolecular Hbond substituents is 1. The largest absolute Gasteiger partial charge is 0.508 e. The number of aromatic hydroxyl groups is 1. The number of phenols is 1. The Morgan fingerprint density at radius 2 is 2.22 bits per heavy atom. The third-order valence-corrected chi connectivity index (χ3v) is 3.76. The molecule has 2 rings (SSSR count). The first-order valence-corrected chi connectivity index (χ1v) is 6.14. The Labute approximate surface area is 106 Å². The third kappa shape index (κ3) is 2.39. The maximum absolute atomic E-state index is 11.0. The fourth-order valence-corrected chi connectivity index (χ4v) is 2.58. The molecule has 1 atom stereocenters. The minimum absolute atomic E-state index is 0.0716. The number of anilines is 1. The highest BCUT2D eigenvalue weighted by Gasteiger charge is 2.35. The summed E-state index contributed by atoms with van der Waals surface area (Å²) in [5.74, 6) is -0.0852. The van der Waals surface area contributed by atoms with Crippen LogP contribution in [0.5, 0.6) is 5.75 Å². The number of nitro benzene ring substituents is 1. The van der Waals surface area contributed by atoms with Gasteiger partial charge >= 0.3 is 0 Å². The molecule has 0 spiro atoms. The molecule has 2 N–H and O–H groups in total. The molecule has 0 bridgehead atoms. The van der Waals surface area contributed by atoms with Crippen molar-refractivity contribution < 1.29 is 10.0 Å². The van der Waals surface area contributed by atoms with E-state index in [0.29, 0.717) is 5.69 Å². The summed E-state index contributed by atoms with van der Waals surface area (Å²) in [6, 6.07) is 4.46. The Morgan fingerprint density at radius 1 is 1.50 bits per heavy atom. The topological polar surface area (TPSA) is 75.4 Å². The molecule has 1 unspecified atom stereocenters. The van der Waals surface area contributed by atoms with E-state index in [1.165, 1.54) is 12.1 Å². The van der Waals surface area contributed by atoms with Crippen LogP contribution >= 0.6 is 0 Å². The van der Waals surface area contributed by atoms with Crippen LogP contribution in [0.3, 0.4) is 0 Å². The summed E-state index contributed by atoms with van der Waals surface area (Å²) >= 11 is 0. The number of nitrogens with one attached hydrogen (secondary N) is 1. The number of benzene rings is 1. The Hall–Kier alpha value is -1.78. The summed E-state index contributed by atoms with van der Waals surface area (Å²) < 4.78 is 0. The van der Waals surface area contributed by atoms with Crippen LogP contribution in [0.15, 0.2) is 18.2 Å². The van der Waals surface area contributed by atoms with E-state index in [1.54, 1.807) is 6.07 Å². The van der Waals surface area contributed by atoms with Gasteiger partial charge in [0.25, 0.3) is 5.69 Å². The summed E-state index contributed by atoms with van der Waals surface area (Å²) in [6.45, 7) is 4.34. The van der Waals surface area contributed by atoms with E-state index >= 15 is 0 Å². The van der Waals surface area contributed by atoms with Crippen LogP contribution in [0.25, 0.3) is 0 Å². The van der Waals surface area contributed by atoms with Crippen molar-refractivity contribution in [3.8, 4) is 5.75 Å². The normalized spacial score (nSPS) is 21.8. The summed E-state index contributed by atoms with van der Waals surface area (Å²) in [5.41, 5.74) is 0.557. The predicted molar refractivity (Wildman–Crippen MR) is 69.8 cm³/mol. The van der Waals surface area contributed by atoms with Gasteiger partial charge in [0.2, 0.25) is 0 Å². The van der Waals surface area contributed by atoms with Crippen molar-refractivity contribution in [2.24, 2.45) is 5.41 Å². The summed E-state index contributed by atoms with van der Waals surface area (Å²) in [4.78, 5) is 10.5. The van der Waals surface area contributed by atoms with Gasteiger partial charge in [-0.3, -0.25) is 10.1 Å². The van der Waals surface area contributed by atoms with Gasteiger partial charge in [-0.25, -0.2) is 0 Å². The summed E-state index contributed by atoms with van der Waals surface area (Å²) in [7, 11) is 0. The molecule has 5 nitrogen and oxygen atoms in total. The molecule has 0 radical (unpaired) electrons. The van der Waals surface area contributed by atoms with Crippen molar-refractivity contribution in [1.82, 2.24) is 0 Å². The van der Waals surface area contributed by atoms with E-state index in [-0.39, 0.29) is 22.9 Å². The van der Waals surface area contributed by atoms with Crippen molar-refractivity contribution in [3.05, 3.63) is 28.3 Å². The lowest BCUT2D eigenvalue weighted by atomic mass is 9.87. The van der Waals surface area contributed by atoms with Crippen LogP contribution in [0.4, 0.5) is 11.4 Å². The first-order chi connectivity index (χ1) is 8.40. The van der Waals surface area contributed by atoms with Crippen LogP contribution in [0.2, 0.25) is 0 Å². The van der Waals surface area contributed by atoms with Gasteiger partial charge in [0, 0.05) is 6.04 Å². The van der Waals surface area contributed by atoms with Gasteiger partial charge in [-0.2, -0.15) is 0 Å². The fourth-order valence-electron chi connectivity index (χ4n) is 2.58. The van der Waals surface area contributed by atoms with E-state index in [0.717, 1.165) is 19.3 Å². The predicted octanol–water partition coefficient (Wildman–Crippen LogP) is 3.29. The molecule has 0 saturated heterocycles. The summed E-state index contributed by atoms with van der Waals surface area (Å²) in [5, 5.41) is 23.5. The van der Waals surface area contributed by atoms with E-state index < -0.39 is 4.92 Å². The van der Waals surface area contributed by atoms with Crippen LogP contribution in [0, 0.1) is 15.5 Å². The van der Waals surface area contributed by atoms with Crippen molar-refractivity contribution in [2.45, 2.75) is 39.2 Å². The minimum atomic E-state index is -0.468. The van der Waals surface area contributed by atoms with Crippen LogP contribution in [-0.4, -0.2) is 16.1 Å². The van der Waals surface area contributed by atoms with Gasteiger partial charge < -0.3 is 10.4 Å². The fraction of sp³-hybridized carbons (Fsp3) is 0.538. The lowest BCUT2D eigenvalue weighted by molar-refractivity contribution is -0.384. The van der Waals surface area contributed by atoms with Gasteiger partial charge in [0.1, 0.15) is 11.4 Å². The molecule has 1 aromatic carbocycles. The molecule has 98 valence electrons. The van der Waals surface area contributed by atoms with Gasteiger partial charge in [0.15, 0.2) is 0 Å². The zero-order chi connectivity index (χ0) is 13.3. The first kappa shape index (κ1) is 12.7. The second-order valence-corrected chi connectivity index (χ2v) is 5.54. The molecule has 18 heavy (non-hydrogen) atoms. The van der Waals surface area contributed by atoms with E-state index in [9.17, 15) is 15.2 Å². The second-order valence-electron chi connectivity index (χ2n) is 5.54. The molecule has 1 fully saturated rings. The Kier molecular flexibility index (Phi) is 3.15. The van der Waals surface area contributed by atoms with Crippen molar-refractivity contribution >= 4 is 11.4 Å². The van der Waals surface area contributed by atoms with Crippen molar-refractivity contribution in [1.29, 1.82) is 0 Å². The van der Waals surface area contributed by atoms with E-state index in [4.69, 9.17) is 0 Å². The molecular weight excluding hydrogens is 232 g/mol. The Bertz CT molecular complexity index is 471. The van der Waals surface area contributed by atoms with Gasteiger partial charge in [0.05, 0.1) is 11.0 Å². The smallest absolute Gasteiger partial charge is 0.296 e. The number of nitrogens with zero attached hydrogens (tertiary/aromatic N) is 1. The molecule has 1 aromatic rings. The van der Waals surface area contributed by atoms with Crippen LogP contribution in [0.1, 0.15) is 33.1 Å². The summed E-state index contributed by atoms with van der Waals surface area (Å²) in [6.07, 6.45) is 3.28. The average molecular weight is 250 g/mol. The minimum Gasteiger partial charge on any atom is -0.508 e. The molecular formula is C13H18N2O3. The molecule has 0 aliphatic heterocycles. The number of hydrogen-bond donors (Lipinski definition) is 2. The van der Waals surface area contributed by atoms with Crippen molar-refractivity contribution in [3.63, 3.8) is 0 Å². The molecule has 1 aliphatic rings. The van der Waals surface area contributed by atoms with Gasteiger partial charge in [-0.15, -0.1) is 0 Å². The lowest BCUT2D eigenvalue weighted by Gasteiger charge is -2.28. The molecule has 5 heteroatoms. The number of hydrogen-bond acceptors (Lipinski definition) is 4. The number of rotatable bonds is 3. The third-order valence-electron chi connectivity index (χ3n) is 3.76. The molecule has 0 heterocycles. The van der Waals surface area contributed by atoms with Crippen LogP contribution < -0.4 is 5.32 Å². The highest BCUT2D eigenvalue weighted by molar-refractivity contribution is 5.64. The standard InChI is InChI=1S/C13H18N2O3/c1-13(2)7-3-4-12(13)14-10-6-5-9(16)8-11(10)15(17)18/h5-6,8,12,14,16H,3-4,7H2,1-2H3.